The molecule has 0 aliphatic heterocycles. The second kappa shape index (κ2) is 7.37. The maximum atomic E-state index is 11.7. The SMILES string of the molecule is NC(=O)/C(=N\N(CO)c1ccc(-c2cnco2)cc1)c1ccncc1. The lowest BCUT2D eigenvalue weighted by atomic mass is 10.1. The Hall–Kier alpha value is -3.52. The minimum absolute atomic E-state index is 0.0239. The van der Waals surface area contributed by atoms with Crippen molar-refractivity contribution in [2.75, 3.05) is 11.7 Å². The van der Waals surface area contributed by atoms with E-state index < -0.39 is 12.6 Å². The Morgan fingerprint density at radius 1 is 1.16 bits per heavy atom. The van der Waals surface area contributed by atoms with E-state index in [1.807, 2.05) is 0 Å². The lowest BCUT2D eigenvalue weighted by Crippen LogP contribution is -2.29. The van der Waals surface area contributed by atoms with Crippen LogP contribution in [0, 0.1) is 0 Å². The van der Waals surface area contributed by atoms with Gasteiger partial charge in [-0.3, -0.25) is 9.78 Å². The molecule has 3 N–H and O–H groups in total. The number of aliphatic hydroxyl groups excluding tert-OH is 1. The molecule has 0 atom stereocenters. The van der Waals surface area contributed by atoms with Crippen LogP contribution in [0.5, 0.6) is 0 Å². The predicted molar refractivity (Wildman–Crippen MR) is 91.5 cm³/mol. The van der Waals surface area contributed by atoms with Gasteiger partial charge in [0.25, 0.3) is 5.91 Å². The Labute approximate surface area is 143 Å². The van der Waals surface area contributed by atoms with E-state index in [1.165, 1.54) is 23.8 Å². The molecular weight excluding hydrogens is 322 g/mol. The van der Waals surface area contributed by atoms with Gasteiger partial charge in [-0.1, -0.05) is 0 Å². The van der Waals surface area contributed by atoms with Crippen LogP contribution >= 0.6 is 0 Å². The van der Waals surface area contributed by atoms with E-state index >= 15 is 0 Å². The second-order valence-corrected chi connectivity index (χ2v) is 5.00. The number of aliphatic hydroxyl groups is 1. The number of carbonyl (C=O) groups is 1. The summed E-state index contributed by atoms with van der Waals surface area (Å²) in [4.78, 5) is 19.5. The summed E-state index contributed by atoms with van der Waals surface area (Å²) in [6.07, 6.45) is 6.01. The third kappa shape index (κ3) is 3.70. The summed E-state index contributed by atoms with van der Waals surface area (Å²) < 4.78 is 5.23. The van der Waals surface area contributed by atoms with Crippen molar-refractivity contribution in [2.45, 2.75) is 0 Å². The number of amides is 1. The number of pyridine rings is 1. The van der Waals surface area contributed by atoms with Crippen LogP contribution in [0.25, 0.3) is 11.3 Å². The summed E-state index contributed by atoms with van der Waals surface area (Å²) in [5, 5.41) is 15.1. The van der Waals surface area contributed by atoms with Gasteiger partial charge in [-0.25, -0.2) is 9.99 Å². The first kappa shape index (κ1) is 16.3. The number of oxazole rings is 1. The van der Waals surface area contributed by atoms with E-state index in [1.54, 1.807) is 42.6 Å². The van der Waals surface area contributed by atoms with Gasteiger partial charge >= 0.3 is 0 Å². The van der Waals surface area contributed by atoms with E-state index in [2.05, 4.69) is 15.1 Å². The van der Waals surface area contributed by atoms with Gasteiger partial charge in [0.1, 0.15) is 6.73 Å². The Morgan fingerprint density at radius 3 is 2.44 bits per heavy atom. The molecule has 126 valence electrons. The van der Waals surface area contributed by atoms with Crippen LogP contribution < -0.4 is 10.7 Å². The van der Waals surface area contributed by atoms with Gasteiger partial charge in [-0.15, -0.1) is 0 Å². The molecule has 0 aliphatic carbocycles. The molecule has 8 heteroatoms. The number of anilines is 1. The van der Waals surface area contributed by atoms with E-state index in [0.717, 1.165) is 5.56 Å². The lowest BCUT2D eigenvalue weighted by molar-refractivity contribution is -0.111. The highest BCUT2D eigenvalue weighted by Crippen LogP contribution is 2.23. The highest BCUT2D eigenvalue weighted by molar-refractivity contribution is 6.45. The number of benzene rings is 1. The van der Waals surface area contributed by atoms with Crippen LogP contribution in [-0.2, 0) is 4.79 Å². The van der Waals surface area contributed by atoms with E-state index in [-0.39, 0.29) is 5.71 Å². The summed E-state index contributed by atoms with van der Waals surface area (Å²) in [6, 6.07) is 10.3. The predicted octanol–water partition coefficient (Wildman–Crippen LogP) is 1.38. The highest BCUT2D eigenvalue weighted by atomic mass is 16.3. The average molecular weight is 337 g/mol. The standard InChI is InChI=1S/C17H15N5O3/c18-17(24)16(13-5-7-19-8-6-13)21-22(11-23)14-3-1-12(2-4-14)15-9-20-10-25-15/h1-10,23H,11H2,(H2,18,24)/b21-16-. The average Bonchev–Trinajstić information content (AvgIpc) is 3.18. The minimum Gasteiger partial charge on any atom is -0.444 e. The first-order valence-electron chi connectivity index (χ1n) is 7.35. The third-order valence-corrected chi connectivity index (χ3v) is 3.42. The molecule has 3 rings (SSSR count). The molecule has 0 aliphatic rings. The zero-order chi connectivity index (χ0) is 17.6. The van der Waals surface area contributed by atoms with Crippen LogP contribution in [0.3, 0.4) is 0 Å². The molecular formula is C17H15N5O3. The smallest absolute Gasteiger partial charge is 0.269 e. The summed E-state index contributed by atoms with van der Waals surface area (Å²) in [5.41, 5.74) is 7.37. The summed E-state index contributed by atoms with van der Waals surface area (Å²) in [7, 11) is 0. The molecule has 0 radical (unpaired) electrons. The third-order valence-electron chi connectivity index (χ3n) is 3.42. The molecule has 2 aromatic heterocycles. The zero-order valence-electron chi connectivity index (χ0n) is 13.1. The maximum Gasteiger partial charge on any atom is 0.269 e. The summed E-state index contributed by atoms with van der Waals surface area (Å²) in [6.45, 7) is -0.427. The fourth-order valence-electron chi connectivity index (χ4n) is 2.21. The quantitative estimate of drug-likeness (QED) is 0.398. The number of carbonyl (C=O) groups excluding carboxylic acids is 1. The van der Waals surface area contributed by atoms with Crippen LogP contribution in [0.15, 0.2) is 70.9 Å². The Balaban J connectivity index is 1.92. The number of hydrogen-bond donors (Lipinski definition) is 2. The number of hydrazone groups is 1. The van der Waals surface area contributed by atoms with Crippen molar-refractivity contribution in [3.05, 3.63) is 66.9 Å². The largest absolute Gasteiger partial charge is 0.444 e. The Bertz CT molecular complexity index is 861. The van der Waals surface area contributed by atoms with E-state index in [0.29, 0.717) is 17.0 Å². The molecule has 25 heavy (non-hydrogen) atoms. The number of nitrogens with zero attached hydrogens (tertiary/aromatic N) is 4. The van der Waals surface area contributed by atoms with Crippen molar-refractivity contribution in [1.29, 1.82) is 0 Å². The van der Waals surface area contributed by atoms with Gasteiger partial charge in [0.05, 0.1) is 11.9 Å². The number of hydrogen-bond acceptors (Lipinski definition) is 7. The first-order chi connectivity index (χ1) is 12.2. The molecule has 0 bridgehead atoms. The molecule has 0 saturated heterocycles. The number of primary amides is 1. The molecule has 0 unspecified atom stereocenters. The molecule has 1 aromatic carbocycles. The van der Waals surface area contributed by atoms with Gasteiger partial charge in [0.2, 0.25) is 0 Å². The molecule has 2 heterocycles. The fourth-order valence-corrected chi connectivity index (χ4v) is 2.21. The first-order valence-corrected chi connectivity index (χ1v) is 7.35. The molecule has 8 nitrogen and oxygen atoms in total. The van der Waals surface area contributed by atoms with Crippen molar-refractivity contribution < 1.29 is 14.3 Å². The van der Waals surface area contributed by atoms with Gasteiger partial charge in [-0.05, 0) is 36.4 Å². The number of aromatic nitrogens is 2. The topological polar surface area (TPSA) is 118 Å². The van der Waals surface area contributed by atoms with Crippen molar-refractivity contribution in [3.63, 3.8) is 0 Å². The van der Waals surface area contributed by atoms with Crippen molar-refractivity contribution in [2.24, 2.45) is 10.8 Å². The summed E-state index contributed by atoms with van der Waals surface area (Å²) >= 11 is 0. The van der Waals surface area contributed by atoms with Crippen molar-refractivity contribution >= 4 is 17.3 Å². The van der Waals surface area contributed by atoms with E-state index in [4.69, 9.17) is 10.2 Å². The number of rotatable bonds is 6. The van der Waals surface area contributed by atoms with Crippen LogP contribution in [0.4, 0.5) is 5.69 Å². The van der Waals surface area contributed by atoms with Crippen molar-refractivity contribution in [3.8, 4) is 11.3 Å². The second-order valence-electron chi connectivity index (χ2n) is 5.00. The van der Waals surface area contributed by atoms with Crippen LogP contribution in [0.2, 0.25) is 0 Å². The molecule has 0 spiro atoms. The van der Waals surface area contributed by atoms with Crippen LogP contribution in [0.1, 0.15) is 5.56 Å². The van der Waals surface area contributed by atoms with Gasteiger partial charge in [0.15, 0.2) is 17.9 Å². The molecule has 1 amide bonds. The Morgan fingerprint density at radius 2 is 1.88 bits per heavy atom. The molecule has 0 fully saturated rings. The maximum absolute atomic E-state index is 11.7. The lowest BCUT2D eigenvalue weighted by Gasteiger charge is -2.17. The fraction of sp³-hybridized carbons (Fsp3) is 0.0588. The van der Waals surface area contributed by atoms with Crippen molar-refractivity contribution in [1.82, 2.24) is 9.97 Å². The Kier molecular flexibility index (Phi) is 4.82. The van der Waals surface area contributed by atoms with Gasteiger partial charge in [0, 0.05) is 23.5 Å². The van der Waals surface area contributed by atoms with Gasteiger partial charge < -0.3 is 15.3 Å². The normalized spacial score (nSPS) is 11.3. The number of nitrogens with two attached hydrogens (primary N) is 1. The molecule has 3 aromatic rings. The van der Waals surface area contributed by atoms with Crippen LogP contribution in [-0.4, -0.2) is 33.4 Å². The minimum atomic E-state index is -0.706. The monoisotopic (exact) mass is 337 g/mol. The van der Waals surface area contributed by atoms with Gasteiger partial charge in [-0.2, -0.15) is 5.10 Å². The molecule has 0 saturated carbocycles. The van der Waals surface area contributed by atoms with E-state index in [9.17, 15) is 9.90 Å². The highest BCUT2D eigenvalue weighted by Gasteiger charge is 2.14. The zero-order valence-corrected chi connectivity index (χ0v) is 13.1. The summed E-state index contributed by atoms with van der Waals surface area (Å²) in [5.74, 6) is -0.0804.